The van der Waals surface area contributed by atoms with Gasteiger partial charge < -0.3 is 10.6 Å². The molecular formula is C18H28IN5O2S2. The molecule has 0 fully saturated rings. The van der Waals surface area contributed by atoms with Gasteiger partial charge in [0, 0.05) is 44.7 Å². The summed E-state index contributed by atoms with van der Waals surface area (Å²) in [5, 5.41) is 7.62. The van der Waals surface area contributed by atoms with Gasteiger partial charge in [0.15, 0.2) is 5.96 Å². The molecule has 0 saturated carbocycles. The summed E-state index contributed by atoms with van der Waals surface area (Å²) in [6.45, 7) is 6.05. The van der Waals surface area contributed by atoms with Crippen molar-refractivity contribution in [2.24, 2.45) is 4.99 Å². The minimum absolute atomic E-state index is 0. The van der Waals surface area contributed by atoms with Crippen LogP contribution in [0.2, 0.25) is 0 Å². The molecular weight excluding hydrogens is 509 g/mol. The van der Waals surface area contributed by atoms with Crippen molar-refractivity contribution < 1.29 is 8.42 Å². The summed E-state index contributed by atoms with van der Waals surface area (Å²) in [6, 6.07) is 6.82. The Kier molecular flexibility index (Phi) is 10.4. The molecule has 0 atom stereocenters. The third kappa shape index (κ3) is 7.30. The zero-order chi connectivity index (χ0) is 19.9. The summed E-state index contributed by atoms with van der Waals surface area (Å²) in [5.41, 5.74) is 0.945. The van der Waals surface area contributed by atoms with Crippen LogP contribution in [-0.2, 0) is 23.0 Å². The molecule has 10 heteroatoms. The van der Waals surface area contributed by atoms with Crippen LogP contribution in [-0.4, -0.2) is 50.9 Å². The molecule has 0 unspecified atom stereocenters. The van der Waals surface area contributed by atoms with E-state index in [1.165, 1.54) is 23.3 Å². The molecule has 0 aliphatic rings. The van der Waals surface area contributed by atoms with Crippen LogP contribution in [0.4, 0.5) is 0 Å². The van der Waals surface area contributed by atoms with E-state index in [-0.39, 0.29) is 28.9 Å². The van der Waals surface area contributed by atoms with Gasteiger partial charge in [0.1, 0.15) is 0 Å². The second-order valence-electron chi connectivity index (χ2n) is 6.17. The molecule has 1 aromatic carbocycles. The van der Waals surface area contributed by atoms with Crippen molar-refractivity contribution in [3.8, 4) is 0 Å². The number of nitrogens with one attached hydrogen (secondary N) is 2. The van der Waals surface area contributed by atoms with E-state index >= 15 is 0 Å². The number of rotatable bonds is 8. The number of aromatic nitrogens is 1. The monoisotopic (exact) mass is 537 g/mol. The zero-order valence-electron chi connectivity index (χ0n) is 16.6. The fourth-order valence-electron chi connectivity index (χ4n) is 2.29. The molecule has 0 amide bonds. The molecule has 2 rings (SSSR count). The minimum atomic E-state index is -3.40. The number of aliphatic imine (C=N–C) groups is 1. The first kappa shape index (κ1) is 24.8. The molecule has 0 bridgehead atoms. The van der Waals surface area contributed by atoms with Gasteiger partial charge in [-0.15, -0.1) is 35.3 Å². The van der Waals surface area contributed by atoms with Crippen molar-refractivity contribution in [3.63, 3.8) is 0 Å². The van der Waals surface area contributed by atoms with E-state index in [0.29, 0.717) is 6.54 Å². The number of halogens is 1. The lowest BCUT2D eigenvalue weighted by molar-refractivity contribution is 0.520. The van der Waals surface area contributed by atoms with Gasteiger partial charge in [-0.25, -0.2) is 22.7 Å². The highest BCUT2D eigenvalue weighted by atomic mass is 127. The summed E-state index contributed by atoms with van der Waals surface area (Å²) in [7, 11) is -0.357. The SMILES string of the molecule is CCNC(=NCc1ccc(S(=O)(=O)N(C)C)cc1)NCCc1ncc(C)s1.I. The van der Waals surface area contributed by atoms with Gasteiger partial charge in [-0.2, -0.15) is 0 Å². The molecule has 2 aromatic rings. The zero-order valence-corrected chi connectivity index (χ0v) is 20.6. The molecule has 28 heavy (non-hydrogen) atoms. The maximum absolute atomic E-state index is 12.1. The van der Waals surface area contributed by atoms with E-state index in [4.69, 9.17) is 0 Å². The fourth-order valence-corrected chi connectivity index (χ4v) is 3.98. The maximum atomic E-state index is 12.1. The topological polar surface area (TPSA) is 86.7 Å². The molecule has 1 aromatic heterocycles. The first-order chi connectivity index (χ1) is 12.8. The normalized spacial score (nSPS) is 12.0. The van der Waals surface area contributed by atoms with Crippen molar-refractivity contribution in [1.29, 1.82) is 0 Å². The van der Waals surface area contributed by atoms with E-state index in [1.54, 1.807) is 35.6 Å². The molecule has 0 spiro atoms. The number of hydrogen-bond acceptors (Lipinski definition) is 5. The predicted molar refractivity (Wildman–Crippen MR) is 126 cm³/mol. The first-order valence-corrected chi connectivity index (χ1v) is 11.0. The molecule has 0 aliphatic carbocycles. The molecule has 0 saturated heterocycles. The highest BCUT2D eigenvalue weighted by Gasteiger charge is 2.16. The van der Waals surface area contributed by atoms with Crippen LogP contribution in [0.3, 0.4) is 0 Å². The lowest BCUT2D eigenvalue weighted by Gasteiger charge is -2.12. The standard InChI is InChI=1S/C18H27N5O2S2.HI/c1-5-19-18(20-11-10-17-21-12-14(2)26-17)22-13-15-6-8-16(9-7-15)27(24,25)23(3)4;/h6-9,12H,5,10-11,13H2,1-4H3,(H2,19,20,22);1H. The van der Waals surface area contributed by atoms with Crippen LogP contribution in [0.15, 0.2) is 40.4 Å². The maximum Gasteiger partial charge on any atom is 0.242 e. The Morgan fingerprint density at radius 3 is 2.43 bits per heavy atom. The second-order valence-corrected chi connectivity index (χ2v) is 9.64. The van der Waals surface area contributed by atoms with E-state index in [9.17, 15) is 8.42 Å². The van der Waals surface area contributed by atoms with Gasteiger partial charge in [0.05, 0.1) is 16.4 Å². The second kappa shape index (κ2) is 11.7. The summed E-state index contributed by atoms with van der Waals surface area (Å²) in [5.74, 6) is 0.732. The summed E-state index contributed by atoms with van der Waals surface area (Å²) < 4.78 is 25.4. The fraction of sp³-hybridized carbons (Fsp3) is 0.444. The highest BCUT2D eigenvalue weighted by Crippen LogP contribution is 2.14. The smallest absolute Gasteiger partial charge is 0.242 e. The summed E-state index contributed by atoms with van der Waals surface area (Å²) in [4.78, 5) is 10.4. The third-order valence-electron chi connectivity index (χ3n) is 3.77. The number of benzene rings is 1. The van der Waals surface area contributed by atoms with Gasteiger partial charge >= 0.3 is 0 Å². The van der Waals surface area contributed by atoms with Crippen LogP contribution in [0.5, 0.6) is 0 Å². The Balaban J connectivity index is 0.00000392. The number of thiazole rings is 1. The Morgan fingerprint density at radius 2 is 1.89 bits per heavy atom. The Hall–Kier alpha value is -1.24. The van der Waals surface area contributed by atoms with Gasteiger partial charge in [0.25, 0.3) is 0 Å². The lowest BCUT2D eigenvalue weighted by Crippen LogP contribution is -2.38. The van der Waals surface area contributed by atoms with Gasteiger partial charge in [0.2, 0.25) is 10.0 Å². The van der Waals surface area contributed by atoms with Crippen LogP contribution < -0.4 is 10.6 Å². The Bertz CT molecular complexity index is 864. The third-order valence-corrected chi connectivity index (χ3v) is 6.57. The van der Waals surface area contributed by atoms with Crippen molar-refractivity contribution in [2.75, 3.05) is 27.2 Å². The predicted octanol–water partition coefficient (Wildman–Crippen LogP) is 2.62. The highest BCUT2D eigenvalue weighted by molar-refractivity contribution is 14.0. The number of hydrogen-bond donors (Lipinski definition) is 2. The van der Waals surface area contributed by atoms with E-state index in [1.807, 2.05) is 13.1 Å². The minimum Gasteiger partial charge on any atom is -0.357 e. The van der Waals surface area contributed by atoms with Crippen LogP contribution >= 0.6 is 35.3 Å². The van der Waals surface area contributed by atoms with Gasteiger partial charge in [-0.3, -0.25) is 0 Å². The Morgan fingerprint density at radius 1 is 1.21 bits per heavy atom. The van der Waals surface area contributed by atoms with E-state index in [2.05, 4.69) is 27.5 Å². The molecule has 2 N–H and O–H groups in total. The number of aryl methyl sites for hydroxylation is 1. The molecule has 1 heterocycles. The van der Waals surface area contributed by atoms with E-state index < -0.39 is 10.0 Å². The lowest BCUT2D eigenvalue weighted by atomic mass is 10.2. The molecule has 156 valence electrons. The largest absolute Gasteiger partial charge is 0.357 e. The van der Waals surface area contributed by atoms with Gasteiger partial charge in [-0.1, -0.05) is 12.1 Å². The Labute approximate surface area is 188 Å². The molecule has 7 nitrogen and oxygen atoms in total. The van der Waals surface area contributed by atoms with Gasteiger partial charge in [-0.05, 0) is 31.5 Å². The number of guanidine groups is 1. The van der Waals surface area contributed by atoms with Crippen LogP contribution in [0, 0.1) is 6.92 Å². The summed E-state index contributed by atoms with van der Waals surface area (Å²) >= 11 is 1.70. The average Bonchev–Trinajstić information content (AvgIpc) is 3.05. The van der Waals surface area contributed by atoms with E-state index in [0.717, 1.165) is 36.0 Å². The van der Waals surface area contributed by atoms with Crippen molar-refractivity contribution in [2.45, 2.75) is 31.7 Å². The van der Waals surface area contributed by atoms with Crippen molar-refractivity contribution >= 4 is 51.3 Å². The quantitative estimate of drug-likeness (QED) is 0.307. The van der Waals surface area contributed by atoms with Crippen molar-refractivity contribution in [3.05, 3.63) is 45.9 Å². The van der Waals surface area contributed by atoms with Crippen LogP contribution in [0.25, 0.3) is 0 Å². The van der Waals surface area contributed by atoms with Crippen LogP contribution in [0.1, 0.15) is 22.4 Å². The average molecular weight is 537 g/mol. The van der Waals surface area contributed by atoms with Crippen molar-refractivity contribution in [1.82, 2.24) is 19.9 Å². The first-order valence-electron chi connectivity index (χ1n) is 8.78. The molecule has 0 radical (unpaired) electrons. The number of sulfonamides is 1. The number of nitrogens with zero attached hydrogens (tertiary/aromatic N) is 3. The summed E-state index contributed by atoms with van der Waals surface area (Å²) in [6.07, 6.45) is 2.74. The molecule has 0 aliphatic heterocycles.